The van der Waals surface area contributed by atoms with Gasteiger partial charge in [-0.25, -0.2) is 0 Å². The second kappa shape index (κ2) is 12.7. The Morgan fingerprint density at radius 3 is 1.15 bits per heavy atom. The third-order valence-electron chi connectivity index (χ3n) is 4.70. The fourth-order valence-electron chi connectivity index (χ4n) is 1.45. The smallest absolute Gasteiger partial charge is 0.0329 e. The first-order valence-corrected chi connectivity index (χ1v) is 8.93. The zero-order chi connectivity index (χ0) is 17.0. The topological polar surface area (TPSA) is 0 Å². The van der Waals surface area contributed by atoms with E-state index in [0.717, 1.165) is 11.8 Å². The van der Waals surface area contributed by atoms with Crippen molar-refractivity contribution >= 4 is 0 Å². The van der Waals surface area contributed by atoms with Crippen LogP contribution in [-0.2, 0) is 0 Å². The maximum atomic E-state index is 2.39. The van der Waals surface area contributed by atoms with Crippen molar-refractivity contribution in [3.63, 3.8) is 0 Å². The quantitative estimate of drug-likeness (QED) is 0.491. The van der Waals surface area contributed by atoms with Gasteiger partial charge in [-0.1, -0.05) is 109 Å². The molecule has 0 nitrogen and oxygen atoms in total. The van der Waals surface area contributed by atoms with Gasteiger partial charge in [0.05, 0.1) is 0 Å². The zero-order valence-corrected chi connectivity index (χ0v) is 17.0. The van der Waals surface area contributed by atoms with Crippen molar-refractivity contribution in [1.82, 2.24) is 0 Å². The first-order valence-electron chi connectivity index (χ1n) is 8.93. The average Bonchev–Trinajstić information content (AvgIpc) is 2.37. The second-order valence-corrected chi connectivity index (χ2v) is 8.14. The van der Waals surface area contributed by atoms with Crippen LogP contribution in [0.5, 0.6) is 0 Å². The summed E-state index contributed by atoms with van der Waals surface area (Å²) in [5.74, 6) is 1.71. The fraction of sp³-hybridized carbons (Fsp3) is 1.00. The molecule has 0 heterocycles. The monoisotopic (exact) mass is 286 g/mol. The Morgan fingerprint density at radius 2 is 1.00 bits per heavy atom. The van der Waals surface area contributed by atoms with Gasteiger partial charge in [0.1, 0.15) is 0 Å². The minimum atomic E-state index is 0.523. The molecule has 0 bridgehead atoms. The van der Waals surface area contributed by atoms with Crippen LogP contribution >= 0.6 is 0 Å². The van der Waals surface area contributed by atoms with Crippen molar-refractivity contribution < 1.29 is 0 Å². The summed E-state index contributed by atoms with van der Waals surface area (Å²) in [6, 6.07) is 0. The van der Waals surface area contributed by atoms with E-state index in [9.17, 15) is 0 Å². The molecule has 2 atom stereocenters. The maximum Gasteiger partial charge on any atom is -0.0329 e. The molecule has 0 aromatic rings. The highest BCUT2D eigenvalue weighted by molar-refractivity contribution is 4.76. The van der Waals surface area contributed by atoms with Gasteiger partial charge in [-0.05, 0) is 22.7 Å². The molecule has 2 unspecified atom stereocenters. The first kappa shape index (κ1) is 25.0. The summed E-state index contributed by atoms with van der Waals surface area (Å²) in [4.78, 5) is 0. The molecule has 0 saturated heterocycles. The molecular weight excluding hydrogens is 240 g/mol. The van der Waals surface area contributed by atoms with Crippen LogP contribution in [0.15, 0.2) is 0 Å². The van der Waals surface area contributed by atoms with E-state index in [1.54, 1.807) is 0 Å². The van der Waals surface area contributed by atoms with Crippen LogP contribution in [0.1, 0.15) is 109 Å². The Hall–Kier alpha value is 0. The normalized spacial score (nSPS) is 14.4. The van der Waals surface area contributed by atoms with E-state index in [1.807, 2.05) is 0 Å². The van der Waals surface area contributed by atoms with E-state index in [-0.39, 0.29) is 0 Å². The summed E-state index contributed by atoms with van der Waals surface area (Å²) in [5.41, 5.74) is 1.06. The van der Waals surface area contributed by atoms with Crippen molar-refractivity contribution in [1.29, 1.82) is 0 Å². The molecule has 0 fully saturated rings. The molecule has 0 aliphatic heterocycles. The average molecular weight is 287 g/mol. The predicted octanol–water partition coefficient (Wildman–Crippen LogP) is 7.96. The predicted molar refractivity (Wildman–Crippen MR) is 98.4 cm³/mol. The van der Waals surface area contributed by atoms with Gasteiger partial charge in [0, 0.05) is 0 Å². The highest BCUT2D eigenvalue weighted by Gasteiger charge is 2.26. The van der Waals surface area contributed by atoms with Crippen molar-refractivity contribution in [3.8, 4) is 0 Å². The molecule has 0 rings (SSSR count). The van der Waals surface area contributed by atoms with Crippen molar-refractivity contribution in [2.45, 2.75) is 109 Å². The molecule has 0 heteroatoms. The van der Waals surface area contributed by atoms with E-state index in [4.69, 9.17) is 0 Å². The zero-order valence-electron chi connectivity index (χ0n) is 17.0. The maximum absolute atomic E-state index is 2.39. The molecular formula is C20H46. The van der Waals surface area contributed by atoms with Crippen molar-refractivity contribution in [2.75, 3.05) is 0 Å². The van der Waals surface area contributed by atoms with Gasteiger partial charge in [0.2, 0.25) is 0 Å². The summed E-state index contributed by atoms with van der Waals surface area (Å²) in [6.45, 7) is 27.3. The lowest BCUT2D eigenvalue weighted by atomic mass is 9.71. The third kappa shape index (κ3) is 16.1. The minimum Gasteiger partial charge on any atom is -0.0656 e. The van der Waals surface area contributed by atoms with Crippen LogP contribution in [0.2, 0.25) is 0 Å². The van der Waals surface area contributed by atoms with Crippen LogP contribution in [0, 0.1) is 22.7 Å². The van der Waals surface area contributed by atoms with Gasteiger partial charge in [0.25, 0.3) is 0 Å². The molecule has 0 aliphatic carbocycles. The Bertz CT molecular complexity index is 183. The highest BCUT2D eigenvalue weighted by atomic mass is 14.3. The van der Waals surface area contributed by atoms with E-state index < -0.39 is 0 Å². The molecule has 0 aromatic carbocycles. The van der Waals surface area contributed by atoms with Gasteiger partial charge in [-0.3, -0.25) is 0 Å². The summed E-state index contributed by atoms with van der Waals surface area (Å²) in [5, 5.41) is 0. The standard InChI is InChI=1S/C11H24.C6H14.C3H8/c1-7-9(3)10(4)11(5,6)8-2;1-5-6(2,3)4;1-3-2/h9-10H,7-8H2,1-6H3;5H2,1-4H3;3H2,1-2H3. The lowest BCUT2D eigenvalue weighted by molar-refractivity contribution is 0.156. The van der Waals surface area contributed by atoms with E-state index in [0.29, 0.717) is 10.8 Å². The van der Waals surface area contributed by atoms with E-state index in [2.05, 4.69) is 83.1 Å². The van der Waals surface area contributed by atoms with Gasteiger partial charge >= 0.3 is 0 Å². The molecule has 0 amide bonds. The van der Waals surface area contributed by atoms with Gasteiger partial charge in [0.15, 0.2) is 0 Å². The Kier molecular flexibility index (Phi) is 15.9. The molecule has 0 aliphatic rings. The summed E-state index contributed by atoms with van der Waals surface area (Å²) >= 11 is 0. The van der Waals surface area contributed by atoms with Crippen LogP contribution in [0.4, 0.5) is 0 Å². The van der Waals surface area contributed by atoms with Crippen molar-refractivity contribution in [3.05, 3.63) is 0 Å². The number of hydrogen-bond acceptors (Lipinski definition) is 0. The molecule has 20 heavy (non-hydrogen) atoms. The first-order chi connectivity index (χ1) is 8.93. The van der Waals surface area contributed by atoms with E-state index in [1.165, 1.54) is 25.7 Å². The van der Waals surface area contributed by atoms with Crippen LogP contribution < -0.4 is 0 Å². The lowest BCUT2D eigenvalue weighted by Gasteiger charge is -2.34. The second-order valence-electron chi connectivity index (χ2n) is 8.14. The Balaban J connectivity index is -0.000000270. The number of rotatable bonds is 4. The Morgan fingerprint density at radius 1 is 0.700 bits per heavy atom. The molecule has 126 valence electrons. The molecule has 0 radical (unpaired) electrons. The van der Waals surface area contributed by atoms with Gasteiger partial charge in [-0.2, -0.15) is 0 Å². The SMILES string of the molecule is CCC.CCC(C)(C)C.CCC(C)C(C)C(C)(C)CC. The Labute approximate surface area is 132 Å². The largest absolute Gasteiger partial charge is 0.0656 e. The highest BCUT2D eigenvalue weighted by Crippen LogP contribution is 2.36. The van der Waals surface area contributed by atoms with Crippen LogP contribution in [-0.4, -0.2) is 0 Å². The minimum absolute atomic E-state index is 0.523. The molecule has 0 aromatic heterocycles. The molecule has 0 saturated carbocycles. The summed E-state index contributed by atoms with van der Waals surface area (Å²) < 4.78 is 0. The van der Waals surface area contributed by atoms with Crippen molar-refractivity contribution in [2.24, 2.45) is 22.7 Å². The summed E-state index contributed by atoms with van der Waals surface area (Å²) in [6.07, 6.45) is 5.12. The third-order valence-corrected chi connectivity index (χ3v) is 4.70. The van der Waals surface area contributed by atoms with Crippen LogP contribution in [0.3, 0.4) is 0 Å². The van der Waals surface area contributed by atoms with Crippen LogP contribution in [0.25, 0.3) is 0 Å². The molecule has 0 spiro atoms. The van der Waals surface area contributed by atoms with E-state index >= 15 is 0 Å². The molecule has 0 N–H and O–H groups in total. The van der Waals surface area contributed by atoms with Gasteiger partial charge in [-0.15, -0.1) is 0 Å². The van der Waals surface area contributed by atoms with Gasteiger partial charge < -0.3 is 0 Å². The fourth-order valence-corrected chi connectivity index (χ4v) is 1.45. The summed E-state index contributed by atoms with van der Waals surface area (Å²) in [7, 11) is 0. The number of hydrogen-bond donors (Lipinski definition) is 0. The lowest BCUT2D eigenvalue weighted by Crippen LogP contribution is -2.25.